The Morgan fingerprint density at radius 3 is 0.891 bits per heavy atom. The van der Waals surface area contributed by atoms with Crippen molar-refractivity contribution < 1.29 is 62.7 Å². The molecule has 5 fully saturated rings. The quantitative estimate of drug-likeness (QED) is 0.0620. The van der Waals surface area contributed by atoms with Crippen molar-refractivity contribution in [2.75, 3.05) is 65.8 Å². The average Bonchev–Trinajstić information content (AvgIpc) is 0.752. The molecule has 640 valence electrons. The topological polar surface area (TPSA) is 205 Å². The Balaban J connectivity index is 0.000000470. The molecule has 0 aromatic heterocycles. The van der Waals surface area contributed by atoms with Crippen molar-refractivity contribution >= 4 is 35.6 Å². The van der Waals surface area contributed by atoms with Gasteiger partial charge in [0.2, 0.25) is 0 Å². The number of ketones is 1. The highest BCUT2D eigenvalue weighted by Crippen LogP contribution is 2.47. The van der Waals surface area contributed by atoms with Crippen LogP contribution in [0.1, 0.15) is 357 Å². The van der Waals surface area contributed by atoms with E-state index in [0.717, 1.165) is 58.0 Å². The van der Waals surface area contributed by atoms with Gasteiger partial charge in [-0.25, -0.2) is 0 Å². The number of aliphatic hydroxyl groups is 2. The van der Waals surface area contributed by atoms with Crippen LogP contribution >= 0.6 is 0 Å². The van der Waals surface area contributed by atoms with E-state index in [4.69, 9.17) is 23.7 Å². The van der Waals surface area contributed by atoms with Crippen LogP contribution in [0.5, 0.6) is 0 Å². The lowest BCUT2D eigenvalue weighted by molar-refractivity contribution is -0.161. The summed E-state index contributed by atoms with van der Waals surface area (Å²) in [6, 6.07) is 10.2. The number of carbonyl (C=O) groups excluding carboxylic acids is 6. The molecule has 1 aromatic carbocycles. The molecule has 5 aliphatic rings. The molecule has 1 atom stereocenters. The molecule has 0 amide bonds. The molecule has 0 radical (unpaired) electrons. The second-order valence-corrected chi connectivity index (χ2v) is 42.5. The fourth-order valence-corrected chi connectivity index (χ4v) is 18.7. The minimum absolute atomic E-state index is 0.0161. The van der Waals surface area contributed by atoms with Gasteiger partial charge in [-0.15, -0.1) is 0 Å². The molecule has 5 aliphatic heterocycles. The molecule has 18 heteroatoms. The van der Waals surface area contributed by atoms with Gasteiger partial charge in [0.25, 0.3) is 0 Å². The first kappa shape index (κ1) is 102. The fraction of sp³-hybridized carbons (Fsp3) is 0.870. The highest BCUT2D eigenvalue weighted by molar-refractivity contribution is 5.82. The standard InChI is InChI=1S/C24H39NO3.C18H35NO3.C17H31NO3.C17H33NO2.C16H31NO2/c1-8-21(2,3)20(26)28-15-14-25-22(4,5)17-24(27,18-23(25,6)7)16-19-12-10-9-11-13-19;1-9-15(2,3)14(20)22-11-10-19-16(4,5)12-18(8,21)13-17(19,6)7;1-8-15(2,3)14(20)21-10-9-18-16(4,5)11-13(19)12-17(18,6)7;1-8-15(2,3)14(19)20-13-12-18-16(4,5)10-9-11-17(18,6)7;1-7-13(2)14(18)19-12-11-17-15(3,4)9-8-10-16(17,5)6/h9-13,27H,8,14-18H2,1-7H3;21H,9-13H2,1-8H3;8-12H2,1-7H3;8-13H2,1-7H3;13H,7-12H2,1-6H3. The summed E-state index contributed by atoms with van der Waals surface area (Å²) < 4.78 is 27.4. The summed E-state index contributed by atoms with van der Waals surface area (Å²) in [5.41, 5.74) is -2.13. The van der Waals surface area contributed by atoms with Crippen molar-refractivity contribution in [2.24, 2.45) is 27.6 Å². The van der Waals surface area contributed by atoms with Crippen LogP contribution < -0.4 is 0 Å². The average molecular weight is 1550 g/mol. The van der Waals surface area contributed by atoms with Gasteiger partial charge in [-0.1, -0.05) is 71.9 Å². The summed E-state index contributed by atoms with van der Waals surface area (Å²) in [6.07, 6.45) is 16.0. The number of hydrogen-bond donors (Lipinski definition) is 2. The smallest absolute Gasteiger partial charge is 0.311 e. The first-order valence-corrected chi connectivity index (χ1v) is 42.5. The summed E-state index contributed by atoms with van der Waals surface area (Å²) in [7, 11) is 0. The van der Waals surface area contributed by atoms with Crippen LogP contribution in [-0.2, 0) is 58.9 Å². The maximum absolute atomic E-state index is 12.3. The predicted octanol–water partition coefficient (Wildman–Crippen LogP) is 18.8. The summed E-state index contributed by atoms with van der Waals surface area (Å²) >= 11 is 0. The number of Topliss-reactive ketones (excluding diaryl/α,β-unsaturated/α-hetero) is 1. The number of esters is 5. The Kier molecular flexibility index (Phi) is 36.9. The molecule has 0 aliphatic carbocycles. The van der Waals surface area contributed by atoms with Crippen LogP contribution in [0.2, 0.25) is 0 Å². The molecule has 5 heterocycles. The van der Waals surface area contributed by atoms with E-state index in [1.165, 1.54) is 44.1 Å². The second kappa shape index (κ2) is 39.7. The summed E-state index contributed by atoms with van der Waals surface area (Å²) in [5, 5.41) is 22.0. The zero-order chi connectivity index (χ0) is 85.4. The molecule has 5 saturated heterocycles. The maximum Gasteiger partial charge on any atom is 0.311 e. The predicted molar refractivity (Wildman–Crippen MR) is 451 cm³/mol. The van der Waals surface area contributed by atoms with E-state index in [9.17, 15) is 39.0 Å². The van der Waals surface area contributed by atoms with E-state index < -0.39 is 27.4 Å². The molecule has 18 nitrogen and oxygen atoms in total. The van der Waals surface area contributed by atoms with Crippen LogP contribution in [0.4, 0.5) is 0 Å². The summed E-state index contributed by atoms with van der Waals surface area (Å²) in [5.74, 6) is -0.220. The molecule has 6 rings (SSSR count). The highest BCUT2D eigenvalue weighted by Gasteiger charge is 2.53. The van der Waals surface area contributed by atoms with Crippen LogP contribution in [0, 0.1) is 27.6 Å². The third-order valence-corrected chi connectivity index (χ3v) is 25.8. The summed E-state index contributed by atoms with van der Waals surface area (Å²) in [4.78, 5) is 84.1. The van der Waals surface area contributed by atoms with Gasteiger partial charge < -0.3 is 33.9 Å². The van der Waals surface area contributed by atoms with Crippen molar-refractivity contribution in [2.45, 2.75) is 424 Å². The number of likely N-dealkylation sites (tertiary alicyclic amines) is 5. The Hall–Kier alpha value is -4.04. The number of carbonyl (C=O) groups is 6. The van der Waals surface area contributed by atoms with Gasteiger partial charge in [0, 0.05) is 107 Å². The van der Waals surface area contributed by atoms with Gasteiger partial charge in [0.15, 0.2) is 0 Å². The van der Waals surface area contributed by atoms with E-state index in [2.05, 4.69) is 175 Å². The lowest BCUT2D eigenvalue weighted by Gasteiger charge is -2.58. The molecule has 0 saturated carbocycles. The Morgan fingerprint density at radius 1 is 0.382 bits per heavy atom. The van der Waals surface area contributed by atoms with Crippen LogP contribution in [0.3, 0.4) is 0 Å². The maximum atomic E-state index is 12.3. The van der Waals surface area contributed by atoms with E-state index >= 15 is 0 Å². The van der Waals surface area contributed by atoms with Crippen LogP contribution in [0.25, 0.3) is 0 Å². The third-order valence-electron chi connectivity index (χ3n) is 25.8. The van der Waals surface area contributed by atoms with Crippen molar-refractivity contribution in [3.8, 4) is 0 Å². The molecular weight excluding hydrogens is 1380 g/mol. The Morgan fingerprint density at radius 2 is 0.627 bits per heavy atom. The normalized spacial score (nSPS) is 22.7. The largest absolute Gasteiger partial charge is 0.464 e. The second-order valence-electron chi connectivity index (χ2n) is 42.5. The monoisotopic (exact) mass is 1550 g/mol. The zero-order valence-electron chi connectivity index (χ0n) is 77.4. The van der Waals surface area contributed by atoms with Gasteiger partial charge in [-0.3, -0.25) is 53.3 Å². The van der Waals surface area contributed by atoms with E-state index in [1.54, 1.807) is 0 Å². The van der Waals surface area contributed by atoms with Crippen LogP contribution in [0.15, 0.2) is 30.3 Å². The number of ether oxygens (including phenoxy) is 5. The number of piperidine rings is 5. The number of nitrogens with zero attached hydrogens (tertiary/aromatic N) is 5. The number of benzene rings is 1. The van der Waals surface area contributed by atoms with E-state index in [-0.39, 0.29) is 96.6 Å². The van der Waals surface area contributed by atoms with Gasteiger partial charge in [0.1, 0.15) is 38.8 Å². The minimum atomic E-state index is -0.744. The Bertz CT molecular complexity index is 2970. The fourth-order valence-electron chi connectivity index (χ4n) is 18.7. The molecule has 0 bridgehead atoms. The number of rotatable bonds is 27. The Labute approximate surface area is 673 Å². The van der Waals surface area contributed by atoms with E-state index in [0.29, 0.717) is 90.6 Å². The molecule has 1 aromatic rings. The molecule has 1 unspecified atom stereocenters. The number of hydrogen-bond acceptors (Lipinski definition) is 18. The summed E-state index contributed by atoms with van der Waals surface area (Å²) in [6.45, 7) is 79.2. The van der Waals surface area contributed by atoms with E-state index in [1.807, 2.05) is 122 Å². The van der Waals surface area contributed by atoms with Gasteiger partial charge in [0.05, 0.1) is 38.8 Å². The third kappa shape index (κ3) is 30.2. The molecular formula is C92H169N5O13. The molecule has 0 spiro atoms. The first-order chi connectivity index (χ1) is 49.7. The molecule has 110 heavy (non-hydrogen) atoms. The molecule has 2 N–H and O–H groups in total. The lowest BCUT2D eigenvalue weighted by Crippen LogP contribution is -2.66. The lowest BCUT2D eigenvalue weighted by atomic mass is 9.69. The van der Waals surface area contributed by atoms with Crippen molar-refractivity contribution in [1.29, 1.82) is 0 Å². The van der Waals surface area contributed by atoms with Crippen molar-refractivity contribution in [3.63, 3.8) is 0 Å². The van der Waals surface area contributed by atoms with Gasteiger partial charge in [-0.05, 0) is 303 Å². The SMILES string of the molecule is CCC(C)(C)C(=O)OCCN1C(C)(C)CC(=O)CC1(C)C.CCC(C)(C)C(=O)OCCN1C(C)(C)CC(C)(O)CC1(C)C.CCC(C)(C)C(=O)OCCN1C(C)(C)CC(O)(Cc2ccccc2)CC1(C)C.CCC(C)(C)C(=O)OCCN1C(C)(C)CCCC1(C)C.CCC(C)C(=O)OCCN1C(C)(C)CCCC1(C)C. The minimum Gasteiger partial charge on any atom is -0.464 e. The van der Waals surface area contributed by atoms with Crippen molar-refractivity contribution in [1.82, 2.24) is 24.5 Å². The van der Waals surface area contributed by atoms with Crippen LogP contribution in [-0.4, -0.2) is 203 Å². The first-order valence-electron chi connectivity index (χ1n) is 42.5. The zero-order valence-corrected chi connectivity index (χ0v) is 77.4. The highest BCUT2D eigenvalue weighted by atomic mass is 16.6. The van der Waals surface area contributed by atoms with Gasteiger partial charge >= 0.3 is 29.8 Å². The van der Waals surface area contributed by atoms with Crippen molar-refractivity contribution in [3.05, 3.63) is 35.9 Å². The van der Waals surface area contributed by atoms with Gasteiger partial charge in [-0.2, -0.15) is 0 Å².